The molecule has 1 saturated heterocycles. The molecule has 3 heteroatoms. The van der Waals surface area contributed by atoms with Gasteiger partial charge in [-0.25, -0.2) is 0 Å². The molecular weight excluding hydrogens is 324 g/mol. The van der Waals surface area contributed by atoms with E-state index < -0.39 is 0 Å². The zero-order chi connectivity index (χ0) is 19.5. The average Bonchev–Trinajstić information content (AvgIpc) is 2.85. The summed E-state index contributed by atoms with van der Waals surface area (Å²) in [4.78, 5) is 11.9. The smallest absolute Gasteiger partial charge is 0.311 e. The number of cyclic esters (lactones) is 1. The third-order valence-electron chi connectivity index (χ3n) is 5.46. The lowest BCUT2D eigenvalue weighted by Gasteiger charge is -2.19. The van der Waals surface area contributed by atoms with Crippen LogP contribution in [0.4, 0.5) is 0 Å². The number of hydrogen-bond acceptors (Lipinski definition) is 3. The van der Waals surface area contributed by atoms with E-state index in [1.165, 1.54) is 37.7 Å². The van der Waals surface area contributed by atoms with Gasteiger partial charge in [-0.2, -0.15) is 0 Å². The molecule has 0 aromatic carbocycles. The van der Waals surface area contributed by atoms with Crippen LogP contribution < -0.4 is 0 Å². The first-order chi connectivity index (χ1) is 12.3. The molecule has 0 saturated carbocycles. The van der Waals surface area contributed by atoms with Gasteiger partial charge in [0, 0.05) is 13.0 Å². The number of hydrogen-bond donors (Lipinski definition) is 0. The predicted octanol–water partition coefficient (Wildman–Crippen LogP) is 6.31. The van der Waals surface area contributed by atoms with Gasteiger partial charge >= 0.3 is 5.97 Å². The van der Waals surface area contributed by atoms with Crippen LogP contribution >= 0.6 is 0 Å². The van der Waals surface area contributed by atoms with Crippen LogP contribution in [0.1, 0.15) is 92.9 Å². The molecule has 1 rings (SSSR count). The maximum Gasteiger partial charge on any atom is 0.311 e. The normalized spacial score (nSPS) is 25.0. The topological polar surface area (TPSA) is 35.5 Å². The van der Waals surface area contributed by atoms with Crippen LogP contribution in [0, 0.1) is 17.8 Å². The minimum atomic E-state index is -0.146. The number of allylic oxidation sites excluding steroid dienone is 1. The van der Waals surface area contributed by atoms with E-state index in [0.717, 1.165) is 31.1 Å². The van der Waals surface area contributed by atoms with Crippen molar-refractivity contribution in [3.8, 4) is 0 Å². The molecule has 0 N–H and O–H groups in total. The second-order valence-corrected chi connectivity index (χ2v) is 8.71. The maximum atomic E-state index is 11.9. The van der Waals surface area contributed by atoms with Gasteiger partial charge < -0.3 is 9.47 Å². The largest absolute Gasteiger partial charge is 0.459 e. The highest BCUT2D eigenvalue weighted by Crippen LogP contribution is 2.28. The standard InChI is InChI=1S/C23H42O3/c1-7-16-25-22-20(6)23(24)26-21(22)15-14-19(5)13-9-12-18(4)11-8-10-17(2)3/h14,17-18,20-22H,7-13,15-16H2,1-6H3/b19-14+. The molecule has 4 atom stereocenters. The fourth-order valence-electron chi connectivity index (χ4n) is 3.64. The molecule has 4 unspecified atom stereocenters. The van der Waals surface area contributed by atoms with E-state index in [-0.39, 0.29) is 24.1 Å². The third-order valence-corrected chi connectivity index (χ3v) is 5.46. The molecule has 0 aliphatic carbocycles. The minimum absolute atomic E-state index is 0.0903. The Morgan fingerprint density at radius 3 is 2.54 bits per heavy atom. The van der Waals surface area contributed by atoms with E-state index in [0.29, 0.717) is 6.61 Å². The molecule has 0 spiro atoms. The second-order valence-electron chi connectivity index (χ2n) is 8.71. The monoisotopic (exact) mass is 366 g/mol. The lowest BCUT2D eigenvalue weighted by atomic mass is 9.94. The summed E-state index contributed by atoms with van der Waals surface area (Å²) in [5.41, 5.74) is 1.41. The number of rotatable bonds is 13. The van der Waals surface area contributed by atoms with Gasteiger partial charge in [0.2, 0.25) is 0 Å². The molecule has 1 fully saturated rings. The zero-order valence-electron chi connectivity index (χ0n) is 18.1. The molecule has 152 valence electrons. The van der Waals surface area contributed by atoms with Gasteiger partial charge in [-0.15, -0.1) is 0 Å². The Balaban J connectivity index is 2.30. The highest BCUT2D eigenvalue weighted by atomic mass is 16.6. The summed E-state index contributed by atoms with van der Waals surface area (Å²) in [6.07, 6.45) is 11.6. The fraction of sp³-hybridized carbons (Fsp3) is 0.870. The molecule has 0 aromatic heterocycles. The molecule has 1 heterocycles. The summed E-state index contributed by atoms with van der Waals surface area (Å²) >= 11 is 0. The third kappa shape index (κ3) is 8.70. The van der Waals surface area contributed by atoms with Crippen LogP contribution in [-0.2, 0) is 14.3 Å². The van der Waals surface area contributed by atoms with Crippen molar-refractivity contribution in [1.82, 2.24) is 0 Å². The Kier molecular flexibility index (Phi) is 11.2. The van der Waals surface area contributed by atoms with E-state index in [1.807, 2.05) is 6.92 Å². The Bertz CT molecular complexity index is 427. The summed E-state index contributed by atoms with van der Waals surface area (Å²) in [5, 5.41) is 0. The first kappa shape index (κ1) is 23.2. The lowest BCUT2D eigenvalue weighted by Crippen LogP contribution is -2.29. The average molecular weight is 367 g/mol. The maximum absolute atomic E-state index is 11.9. The van der Waals surface area contributed by atoms with Crippen LogP contribution in [-0.4, -0.2) is 24.8 Å². The number of esters is 1. The van der Waals surface area contributed by atoms with Crippen molar-refractivity contribution in [2.24, 2.45) is 17.8 Å². The van der Waals surface area contributed by atoms with Gasteiger partial charge in [0.05, 0.1) is 5.92 Å². The van der Waals surface area contributed by atoms with Crippen LogP contribution in [0.15, 0.2) is 11.6 Å². The summed E-state index contributed by atoms with van der Waals surface area (Å²) in [6.45, 7) is 13.9. The Morgan fingerprint density at radius 2 is 1.88 bits per heavy atom. The second kappa shape index (κ2) is 12.5. The van der Waals surface area contributed by atoms with Gasteiger partial charge in [-0.1, -0.05) is 65.0 Å². The van der Waals surface area contributed by atoms with Gasteiger partial charge in [0.1, 0.15) is 12.2 Å². The lowest BCUT2D eigenvalue weighted by molar-refractivity contribution is -0.143. The summed E-state index contributed by atoms with van der Waals surface area (Å²) in [6, 6.07) is 0. The molecular formula is C23H42O3. The number of ether oxygens (including phenoxy) is 2. The molecule has 3 nitrogen and oxygen atoms in total. The Morgan fingerprint density at radius 1 is 1.19 bits per heavy atom. The van der Waals surface area contributed by atoms with E-state index in [2.05, 4.69) is 40.7 Å². The summed E-state index contributed by atoms with van der Waals surface area (Å²) < 4.78 is 11.4. The summed E-state index contributed by atoms with van der Waals surface area (Å²) in [7, 11) is 0. The fourth-order valence-corrected chi connectivity index (χ4v) is 3.64. The van der Waals surface area contributed by atoms with Crippen LogP contribution in [0.3, 0.4) is 0 Å². The molecule has 1 aliphatic rings. The SMILES string of the molecule is CCCOC1C(C/C=C(\C)CCCC(C)CCCC(C)C)OC(=O)C1C. The quantitative estimate of drug-likeness (QED) is 0.283. The van der Waals surface area contributed by atoms with Gasteiger partial charge in [-0.3, -0.25) is 4.79 Å². The van der Waals surface area contributed by atoms with E-state index in [4.69, 9.17) is 9.47 Å². The highest BCUT2D eigenvalue weighted by Gasteiger charge is 2.41. The molecule has 0 radical (unpaired) electrons. The zero-order valence-corrected chi connectivity index (χ0v) is 18.1. The highest BCUT2D eigenvalue weighted by molar-refractivity contribution is 5.75. The van der Waals surface area contributed by atoms with Crippen LogP contribution in [0.2, 0.25) is 0 Å². The van der Waals surface area contributed by atoms with Crippen molar-refractivity contribution < 1.29 is 14.3 Å². The predicted molar refractivity (Wildman–Crippen MR) is 109 cm³/mol. The minimum Gasteiger partial charge on any atom is -0.459 e. The first-order valence-electron chi connectivity index (χ1n) is 10.8. The van der Waals surface area contributed by atoms with Crippen LogP contribution in [0.25, 0.3) is 0 Å². The molecule has 0 aromatic rings. The van der Waals surface area contributed by atoms with Crippen molar-refractivity contribution in [2.45, 2.75) is 105 Å². The van der Waals surface area contributed by atoms with Crippen LogP contribution in [0.5, 0.6) is 0 Å². The van der Waals surface area contributed by atoms with E-state index in [1.54, 1.807) is 0 Å². The molecule has 1 aliphatic heterocycles. The van der Waals surface area contributed by atoms with E-state index in [9.17, 15) is 4.79 Å². The Labute approximate surface area is 161 Å². The van der Waals surface area contributed by atoms with Crippen molar-refractivity contribution in [3.05, 3.63) is 11.6 Å². The number of carbonyl (C=O) groups is 1. The summed E-state index contributed by atoms with van der Waals surface area (Å²) in [5.74, 6) is 1.39. The van der Waals surface area contributed by atoms with Crippen molar-refractivity contribution in [3.63, 3.8) is 0 Å². The van der Waals surface area contributed by atoms with Gasteiger partial charge in [-0.05, 0) is 44.9 Å². The molecule has 0 bridgehead atoms. The van der Waals surface area contributed by atoms with Gasteiger partial charge in [0.15, 0.2) is 0 Å². The first-order valence-corrected chi connectivity index (χ1v) is 10.8. The Hall–Kier alpha value is -0.830. The molecule has 0 amide bonds. The van der Waals surface area contributed by atoms with Crippen molar-refractivity contribution in [2.75, 3.05) is 6.61 Å². The molecule has 26 heavy (non-hydrogen) atoms. The van der Waals surface area contributed by atoms with Crippen molar-refractivity contribution in [1.29, 1.82) is 0 Å². The van der Waals surface area contributed by atoms with E-state index >= 15 is 0 Å². The number of carbonyl (C=O) groups excluding carboxylic acids is 1. The van der Waals surface area contributed by atoms with Gasteiger partial charge in [0.25, 0.3) is 0 Å². The van der Waals surface area contributed by atoms with Crippen molar-refractivity contribution >= 4 is 5.97 Å².